The van der Waals surface area contributed by atoms with Crippen LogP contribution in [-0.2, 0) is 0 Å². The number of nitrogen functional groups attached to an aromatic ring is 1. The highest BCUT2D eigenvalue weighted by Crippen LogP contribution is 2.37. The number of benzene rings is 2. The molecule has 0 aliphatic rings. The first-order chi connectivity index (χ1) is 9.92. The molecule has 110 valence electrons. The Morgan fingerprint density at radius 3 is 2.48 bits per heavy atom. The molecule has 2 rings (SSSR count). The maximum absolute atomic E-state index is 13.6. The minimum Gasteiger partial charge on any atom is -0.494 e. The largest absolute Gasteiger partial charge is 0.494 e. The molecule has 0 heterocycles. The van der Waals surface area contributed by atoms with Gasteiger partial charge in [0.05, 0.1) is 18.1 Å². The van der Waals surface area contributed by atoms with E-state index in [0.29, 0.717) is 17.0 Å². The van der Waals surface area contributed by atoms with E-state index in [2.05, 4.69) is 0 Å². The van der Waals surface area contributed by atoms with Crippen LogP contribution in [0.15, 0.2) is 30.3 Å². The fourth-order valence-corrected chi connectivity index (χ4v) is 1.81. The van der Waals surface area contributed by atoms with Gasteiger partial charge in [0, 0.05) is 11.8 Å². The highest BCUT2D eigenvalue weighted by atomic mass is 19.1. The smallest absolute Gasteiger partial charge is 0.314 e. The zero-order valence-electron chi connectivity index (χ0n) is 11.4. The van der Waals surface area contributed by atoms with E-state index in [-0.39, 0.29) is 11.5 Å². The van der Waals surface area contributed by atoms with Gasteiger partial charge >= 0.3 is 5.69 Å². The van der Waals surface area contributed by atoms with Crippen molar-refractivity contribution < 1.29 is 18.8 Å². The summed E-state index contributed by atoms with van der Waals surface area (Å²) in [7, 11) is 1.27. The molecule has 0 saturated carbocycles. The van der Waals surface area contributed by atoms with Gasteiger partial charge in [0.25, 0.3) is 0 Å². The van der Waals surface area contributed by atoms with E-state index >= 15 is 0 Å². The van der Waals surface area contributed by atoms with Crippen LogP contribution in [0.25, 0.3) is 0 Å². The average molecular weight is 292 g/mol. The van der Waals surface area contributed by atoms with Gasteiger partial charge in [-0.05, 0) is 30.7 Å². The van der Waals surface area contributed by atoms with Gasteiger partial charge in [-0.15, -0.1) is 0 Å². The first-order valence-electron chi connectivity index (χ1n) is 5.98. The normalized spacial score (nSPS) is 10.2. The number of rotatable bonds is 4. The Morgan fingerprint density at radius 2 is 1.90 bits per heavy atom. The Kier molecular flexibility index (Phi) is 3.93. The van der Waals surface area contributed by atoms with Crippen molar-refractivity contribution in [1.82, 2.24) is 0 Å². The highest BCUT2D eigenvalue weighted by molar-refractivity contribution is 5.55. The van der Waals surface area contributed by atoms with Crippen LogP contribution in [0.4, 0.5) is 15.8 Å². The molecular formula is C14H13FN2O4. The van der Waals surface area contributed by atoms with Gasteiger partial charge in [-0.25, -0.2) is 4.39 Å². The Labute approximate surface area is 120 Å². The summed E-state index contributed by atoms with van der Waals surface area (Å²) in [5.41, 5.74) is 6.40. The van der Waals surface area contributed by atoms with Crippen molar-refractivity contribution in [1.29, 1.82) is 0 Å². The van der Waals surface area contributed by atoms with E-state index in [1.54, 1.807) is 25.1 Å². The van der Waals surface area contributed by atoms with Crippen molar-refractivity contribution in [3.8, 4) is 17.2 Å². The Morgan fingerprint density at radius 1 is 1.19 bits per heavy atom. The molecule has 0 bridgehead atoms. The minimum absolute atomic E-state index is 0.105. The molecule has 0 saturated heterocycles. The fraction of sp³-hybridized carbons (Fsp3) is 0.143. The number of nitro groups is 1. The second-order valence-corrected chi connectivity index (χ2v) is 4.34. The summed E-state index contributed by atoms with van der Waals surface area (Å²) in [6, 6.07) is 6.77. The number of hydrogen-bond acceptors (Lipinski definition) is 5. The molecule has 7 heteroatoms. The van der Waals surface area contributed by atoms with E-state index in [1.165, 1.54) is 7.11 Å². The van der Waals surface area contributed by atoms with Crippen LogP contribution in [0.2, 0.25) is 0 Å². The predicted molar refractivity (Wildman–Crippen MR) is 75.3 cm³/mol. The van der Waals surface area contributed by atoms with Gasteiger partial charge in [0.15, 0.2) is 11.6 Å². The van der Waals surface area contributed by atoms with Gasteiger partial charge < -0.3 is 15.2 Å². The molecule has 2 aromatic carbocycles. The number of halogens is 1. The number of ether oxygens (including phenoxy) is 2. The summed E-state index contributed by atoms with van der Waals surface area (Å²) in [6.07, 6.45) is 0. The highest BCUT2D eigenvalue weighted by Gasteiger charge is 2.21. The molecule has 0 amide bonds. The minimum atomic E-state index is -0.828. The summed E-state index contributed by atoms with van der Waals surface area (Å²) in [5, 5.41) is 11.0. The van der Waals surface area contributed by atoms with E-state index < -0.39 is 16.4 Å². The lowest BCUT2D eigenvalue weighted by Crippen LogP contribution is -1.98. The lowest BCUT2D eigenvalue weighted by atomic mass is 10.2. The fourth-order valence-electron chi connectivity index (χ4n) is 1.81. The molecule has 0 unspecified atom stereocenters. The molecule has 0 radical (unpaired) electrons. The van der Waals surface area contributed by atoms with Gasteiger partial charge in [0.1, 0.15) is 5.75 Å². The molecular weight excluding hydrogens is 279 g/mol. The standard InChI is InChI=1S/C14H13FN2O4/c1-8-5-9(16)3-4-12(8)21-14-7-13(20-2)10(15)6-11(14)17(18)19/h3-7H,16H2,1-2H3. The molecule has 0 atom stereocenters. The number of hydrogen-bond donors (Lipinski definition) is 1. The van der Waals surface area contributed by atoms with Crippen LogP contribution in [0.3, 0.4) is 0 Å². The lowest BCUT2D eigenvalue weighted by Gasteiger charge is -2.11. The third kappa shape index (κ3) is 3.02. The van der Waals surface area contributed by atoms with Crippen LogP contribution < -0.4 is 15.2 Å². The first kappa shape index (κ1) is 14.6. The van der Waals surface area contributed by atoms with Crippen LogP contribution in [-0.4, -0.2) is 12.0 Å². The predicted octanol–water partition coefficient (Wildman–Crippen LogP) is 3.43. The monoisotopic (exact) mass is 292 g/mol. The Bertz CT molecular complexity index is 704. The molecule has 0 aromatic heterocycles. The third-order valence-electron chi connectivity index (χ3n) is 2.85. The Hall–Kier alpha value is -2.83. The zero-order chi connectivity index (χ0) is 15.6. The van der Waals surface area contributed by atoms with Crippen molar-refractivity contribution >= 4 is 11.4 Å². The quantitative estimate of drug-likeness (QED) is 0.530. The maximum Gasteiger partial charge on any atom is 0.314 e. The van der Waals surface area contributed by atoms with Crippen LogP contribution in [0.5, 0.6) is 17.2 Å². The number of anilines is 1. The molecule has 0 fully saturated rings. The van der Waals surface area contributed by atoms with Gasteiger partial charge in [-0.1, -0.05) is 0 Å². The average Bonchev–Trinajstić information content (AvgIpc) is 2.42. The Balaban J connectivity index is 2.49. The van der Waals surface area contributed by atoms with Crippen LogP contribution in [0, 0.1) is 22.9 Å². The number of methoxy groups -OCH3 is 1. The van der Waals surface area contributed by atoms with Crippen molar-refractivity contribution in [2.24, 2.45) is 0 Å². The van der Waals surface area contributed by atoms with Crippen molar-refractivity contribution in [2.45, 2.75) is 6.92 Å². The number of aryl methyl sites for hydroxylation is 1. The SMILES string of the molecule is COc1cc(Oc2ccc(N)cc2C)c([N+](=O)[O-])cc1F. The summed E-state index contributed by atoms with van der Waals surface area (Å²) in [4.78, 5) is 10.3. The van der Waals surface area contributed by atoms with E-state index in [0.717, 1.165) is 12.1 Å². The zero-order valence-corrected chi connectivity index (χ0v) is 11.4. The lowest BCUT2D eigenvalue weighted by molar-refractivity contribution is -0.385. The molecule has 6 nitrogen and oxygen atoms in total. The summed E-state index contributed by atoms with van der Waals surface area (Å²) in [6.45, 7) is 1.75. The van der Waals surface area contributed by atoms with E-state index in [1.807, 2.05) is 0 Å². The topological polar surface area (TPSA) is 87.6 Å². The second-order valence-electron chi connectivity index (χ2n) is 4.34. The number of nitrogens with zero attached hydrogens (tertiary/aromatic N) is 1. The van der Waals surface area contributed by atoms with E-state index in [4.69, 9.17) is 15.2 Å². The van der Waals surface area contributed by atoms with Crippen molar-refractivity contribution in [3.63, 3.8) is 0 Å². The van der Waals surface area contributed by atoms with Crippen LogP contribution >= 0.6 is 0 Å². The van der Waals surface area contributed by atoms with E-state index in [9.17, 15) is 14.5 Å². The molecule has 0 aliphatic carbocycles. The summed E-state index contributed by atoms with van der Waals surface area (Å²) < 4.78 is 23.9. The maximum atomic E-state index is 13.6. The molecule has 21 heavy (non-hydrogen) atoms. The van der Waals surface area contributed by atoms with Gasteiger partial charge in [0.2, 0.25) is 5.75 Å². The molecule has 2 aromatic rings. The van der Waals surface area contributed by atoms with Crippen molar-refractivity contribution in [2.75, 3.05) is 12.8 Å². The van der Waals surface area contributed by atoms with Crippen LogP contribution in [0.1, 0.15) is 5.56 Å². The van der Waals surface area contributed by atoms with Crippen molar-refractivity contribution in [3.05, 3.63) is 51.8 Å². The molecule has 0 spiro atoms. The first-order valence-corrected chi connectivity index (χ1v) is 5.98. The second kappa shape index (κ2) is 5.66. The molecule has 2 N–H and O–H groups in total. The summed E-state index contributed by atoms with van der Waals surface area (Å²) >= 11 is 0. The molecule has 0 aliphatic heterocycles. The third-order valence-corrected chi connectivity index (χ3v) is 2.85. The number of nitrogens with two attached hydrogens (primary N) is 1. The number of nitro benzene ring substituents is 1. The van der Waals surface area contributed by atoms with Gasteiger partial charge in [-0.3, -0.25) is 10.1 Å². The van der Waals surface area contributed by atoms with Gasteiger partial charge in [-0.2, -0.15) is 0 Å². The summed E-state index contributed by atoms with van der Waals surface area (Å²) in [5.74, 6) is -0.679.